The lowest BCUT2D eigenvalue weighted by atomic mass is 10.2. The van der Waals surface area contributed by atoms with E-state index in [1.165, 1.54) is 0 Å². The molecular weight excluding hydrogens is 380 g/mol. The lowest BCUT2D eigenvalue weighted by molar-refractivity contribution is -0.117. The number of nitrogens with one attached hydrogen (secondary N) is 2. The number of aromatic amines is 1. The Morgan fingerprint density at radius 3 is 2.82 bits per heavy atom. The van der Waals surface area contributed by atoms with Crippen LogP contribution >= 0.6 is 11.6 Å². The second-order valence-electron chi connectivity index (χ2n) is 6.23. The molecule has 1 heterocycles. The molecule has 0 aliphatic carbocycles. The average Bonchev–Trinajstić information content (AvgIpc) is 2.68. The third kappa shape index (κ3) is 4.68. The van der Waals surface area contributed by atoms with Gasteiger partial charge in [-0.3, -0.25) is 14.5 Å². The molecule has 1 amide bonds. The van der Waals surface area contributed by atoms with Crippen molar-refractivity contribution in [1.29, 1.82) is 0 Å². The van der Waals surface area contributed by atoms with Gasteiger partial charge in [-0.2, -0.15) is 0 Å². The van der Waals surface area contributed by atoms with E-state index in [-0.39, 0.29) is 18.0 Å². The van der Waals surface area contributed by atoms with Crippen LogP contribution in [0.15, 0.2) is 47.3 Å². The van der Waals surface area contributed by atoms with Crippen molar-refractivity contribution in [3.05, 3.63) is 63.7 Å². The van der Waals surface area contributed by atoms with E-state index in [1.54, 1.807) is 37.4 Å². The minimum atomic E-state index is -0.253. The van der Waals surface area contributed by atoms with Crippen molar-refractivity contribution in [3.8, 4) is 5.75 Å². The normalized spacial score (nSPS) is 11.0. The molecule has 1 aromatic heterocycles. The lowest BCUT2D eigenvalue weighted by Gasteiger charge is -2.19. The van der Waals surface area contributed by atoms with Crippen molar-refractivity contribution in [2.45, 2.75) is 13.5 Å². The number of rotatable bonds is 7. The molecule has 2 aromatic carbocycles. The zero-order valence-corrected chi connectivity index (χ0v) is 16.4. The average molecular weight is 401 g/mol. The number of hydrogen-bond acceptors (Lipinski definition) is 5. The fourth-order valence-electron chi connectivity index (χ4n) is 2.87. The summed E-state index contributed by atoms with van der Waals surface area (Å²) in [6.07, 6.45) is 0. The van der Waals surface area contributed by atoms with Crippen LogP contribution in [0.25, 0.3) is 10.9 Å². The highest BCUT2D eigenvalue weighted by atomic mass is 35.5. The summed E-state index contributed by atoms with van der Waals surface area (Å²) in [5.74, 6) is 0.908. The van der Waals surface area contributed by atoms with Crippen molar-refractivity contribution in [3.63, 3.8) is 0 Å². The van der Waals surface area contributed by atoms with Crippen LogP contribution < -0.4 is 15.6 Å². The molecule has 0 fully saturated rings. The smallest absolute Gasteiger partial charge is 0.258 e. The van der Waals surface area contributed by atoms with Gasteiger partial charge in [-0.15, -0.1) is 0 Å². The van der Waals surface area contributed by atoms with E-state index in [4.69, 9.17) is 16.3 Å². The second-order valence-corrected chi connectivity index (χ2v) is 6.66. The fraction of sp³-hybridized carbons (Fsp3) is 0.250. The van der Waals surface area contributed by atoms with Crippen LogP contribution in [0.2, 0.25) is 5.02 Å². The Hall–Kier alpha value is -2.90. The van der Waals surface area contributed by atoms with Crippen molar-refractivity contribution in [2.75, 3.05) is 25.5 Å². The first-order valence-electron chi connectivity index (χ1n) is 8.84. The van der Waals surface area contributed by atoms with Crippen molar-refractivity contribution < 1.29 is 9.53 Å². The molecule has 0 aliphatic rings. The van der Waals surface area contributed by atoms with Gasteiger partial charge in [0.05, 0.1) is 36.8 Å². The van der Waals surface area contributed by atoms with Crippen LogP contribution in [0, 0.1) is 0 Å². The Kier molecular flexibility index (Phi) is 6.28. The van der Waals surface area contributed by atoms with Crippen LogP contribution in [0.1, 0.15) is 12.7 Å². The standard InChI is InChI=1S/C20H21ClN4O3/c1-3-25(12-19(26)23-16-6-4-5-7-17(16)28-2)11-18-22-15-9-8-13(21)10-14(15)20(27)24-18/h4-10H,3,11-12H2,1-2H3,(H,23,26)(H,22,24,27). The molecule has 7 nitrogen and oxygen atoms in total. The van der Waals surface area contributed by atoms with Crippen LogP contribution in [0.3, 0.4) is 0 Å². The Bertz CT molecular complexity index is 1050. The Balaban J connectivity index is 1.72. The molecule has 3 aromatic rings. The zero-order valence-electron chi connectivity index (χ0n) is 15.7. The number of H-pyrrole nitrogens is 1. The van der Waals surface area contributed by atoms with E-state index in [1.807, 2.05) is 24.0 Å². The number of benzene rings is 2. The molecule has 8 heteroatoms. The first kappa shape index (κ1) is 19.9. The summed E-state index contributed by atoms with van der Waals surface area (Å²) in [7, 11) is 1.55. The van der Waals surface area contributed by atoms with Gasteiger partial charge in [0, 0.05) is 5.02 Å². The molecule has 2 N–H and O–H groups in total. The summed E-state index contributed by atoms with van der Waals surface area (Å²) in [4.78, 5) is 33.9. The molecule has 0 saturated carbocycles. The summed E-state index contributed by atoms with van der Waals surface area (Å²) >= 11 is 5.94. The molecule has 0 aliphatic heterocycles. The number of carbonyl (C=O) groups excluding carboxylic acids is 1. The van der Waals surface area contributed by atoms with Crippen LogP contribution in [-0.2, 0) is 11.3 Å². The van der Waals surface area contributed by atoms with Gasteiger partial charge in [0.1, 0.15) is 11.6 Å². The molecule has 146 valence electrons. The number of anilines is 1. The van der Waals surface area contributed by atoms with Gasteiger partial charge >= 0.3 is 0 Å². The van der Waals surface area contributed by atoms with Gasteiger partial charge in [-0.1, -0.05) is 30.7 Å². The molecule has 3 rings (SSSR count). The monoisotopic (exact) mass is 400 g/mol. The number of aromatic nitrogens is 2. The number of carbonyl (C=O) groups is 1. The number of methoxy groups -OCH3 is 1. The maximum Gasteiger partial charge on any atom is 0.258 e. The van der Waals surface area contributed by atoms with Gasteiger partial charge in [0.25, 0.3) is 5.56 Å². The Morgan fingerprint density at radius 2 is 2.07 bits per heavy atom. The predicted molar refractivity (Wildman–Crippen MR) is 110 cm³/mol. The SMILES string of the molecule is CCN(CC(=O)Nc1ccccc1OC)Cc1nc2ccc(Cl)cc2c(=O)[nH]1. The van der Waals surface area contributed by atoms with Crippen LogP contribution in [0.4, 0.5) is 5.69 Å². The number of ether oxygens (including phenoxy) is 1. The van der Waals surface area contributed by atoms with Gasteiger partial charge in [0.2, 0.25) is 5.91 Å². The zero-order chi connectivity index (χ0) is 20.1. The predicted octanol–water partition coefficient (Wildman–Crippen LogP) is 3.05. The van der Waals surface area contributed by atoms with E-state index in [0.717, 1.165) is 0 Å². The second kappa shape index (κ2) is 8.86. The summed E-state index contributed by atoms with van der Waals surface area (Å²) in [5.41, 5.74) is 0.926. The number of para-hydroxylation sites is 2. The molecule has 0 atom stereocenters. The van der Waals surface area contributed by atoms with Gasteiger partial charge in [0.15, 0.2) is 0 Å². The van der Waals surface area contributed by atoms with Crippen molar-refractivity contribution >= 4 is 34.1 Å². The van der Waals surface area contributed by atoms with E-state index < -0.39 is 0 Å². The minimum absolute atomic E-state index is 0.150. The molecule has 0 unspecified atom stereocenters. The first-order chi connectivity index (χ1) is 13.5. The Labute approximate surface area is 167 Å². The van der Waals surface area contributed by atoms with Crippen LogP contribution in [0.5, 0.6) is 5.75 Å². The minimum Gasteiger partial charge on any atom is -0.495 e. The first-order valence-corrected chi connectivity index (χ1v) is 9.21. The Morgan fingerprint density at radius 1 is 1.29 bits per heavy atom. The van der Waals surface area contributed by atoms with Crippen LogP contribution in [-0.4, -0.2) is 41.0 Å². The molecular formula is C20H21ClN4O3. The summed E-state index contributed by atoms with van der Waals surface area (Å²) in [6, 6.07) is 12.2. The largest absolute Gasteiger partial charge is 0.495 e. The molecule has 0 radical (unpaired) electrons. The summed E-state index contributed by atoms with van der Waals surface area (Å²) in [5, 5.41) is 3.77. The van der Waals surface area contributed by atoms with Crippen molar-refractivity contribution in [2.24, 2.45) is 0 Å². The quantitative estimate of drug-likeness (QED) is 0.636. The number of likely N-dealkylation sites (N-methyl/N-ethyl adjacent to an activating group) is 1. The number of fused-ring (bicyclic) bond motifs is 1. The highest BCUT2D eigenvalue weighted by molar-refractivity contribution is 6.31. The highest BCUT2D eigenvalue weighted by Crippen LogP contribution is 2.23. The molecule has 0 spiro atoms. The van der Waals surface area contributed by atoms with E-state index in [9.17, 15) is 9.59 Å². The summed E-state index contributed by atoms with van der Waals surface area (Å²) < 4.78 is 5.25. The fourth-order valence-corrected chi connectivity index (χ4v) is 3.04. The lowest BCUT2D eigenvalue weighted by Crippen LogP contribution is -2.34. The third-order valence-electron chi connectivity index (χ3n) is 4.29. The highest BCUT2D eigenvalue weighted by Gasteiger charge is 2.14. The van der Waals surface area contributed by atoms with E-state index in [2.05, 4.69) is 15.3 Å². The number of halogens is 1. The molecule has 0 bridgehead atoms. The maximum atomic E-state index is 12.4. The van der Waals surface area contributed by atoms with Gasteiger partial charge < -0.3 is 15.0 Å². The maximum absolute atomic E-state index is 12.4. The number of hydrogen-bond donors (Lipinski definition) is 2. The van der Waals surface area contributed by atoms with E-state index >= 15 is 0 Å². The van der Waals surface area contributed by atoms with Crippen molar-refractivity contribution in [1.82, 2.24) is 14.9 Å². The number of nitrogens with zero attached hydrogens (tertiary/aromatic N) is 2. The topological polar surface area (TPSA) is 87.3 Å². The summed E-state index contributed by atoms with van der Waals surface area (Å²) in [6.45, 7) is 3.04. The third-order valence-corrected chi connectivity index (χ3v) is 4.52. The number of amides is 1. The van der Waals surface area contributed by atoms with Gasteiger partial charge in [-0.05, 0) is 36.9 Å². The molecule has 28 heavy (non-hydrogen) atoms. The molecule has 0 saturated heterocycles. The van der Waals surface area contributed by atoms with E-state index in [0.29, 0.717) is 46.3 Å². The van der Waals surface area contributed by atoms with Gasteiger partial charge in [-0.25, -0.2) is 4.98 Å².